The molecular formula is C17H17N3O3S. The Bertz CT molecular complexity index is 796. The van der Waals surface area contributed by atoms with Gasteiger partial charge in [0.05, 0.1) is 10.2 Å². The van der Waals surface area contributed by atoms with Gasteiger partial charge in [-0.2, -0.15) is 0 Å². The Kier molecular flexibility index (Phi) is 4.53. The molecule has 1 aromatic heterocycles. The molecule has 1 aliphatic heterocycles. The van der Waals surface area contributed by atoms with E-state index in [-0.39, 0.29) is 22.7 Å². The third-order valence-corrected chi connectivity index (χ3v) is 5.12. The fourth-order valence-electron chi connectivity index (χ4n) is 2.93. The van der Waals surface area contributed by atoms with E-state index in [1.165, 1.54) is 18.3 Å². The van der Waals surface area contributed by atoms with Gasteiger partial charge in [-0.1, -0.05) is 30.0 Å². The highest BCUT2D eigenvalue weighted by atomic mass is 32.2. The summed E-state index contributed by atoms with van der Waals surface area (Å²) in [6, 6.07) is 10.9. The van der Waals surface area contributed by atoms with Gasteiger partial charge in [0, 0.05) is 24.0 Å². The molecule has 6 nitrogen and oxygen atoms in total. The molecule has 0 N–H and O–H groups in total. The van der Waals surface area contributed by atoms with E-state index in [0.717, 1.165) is 29.4 Å². The van der Waals surface area contributed by atoms with Crippen molar-refractivity contribution in [1.82, 2.24) is 4.98 Å². The Hall–Kier alpha value is -2.41. The number of anilines is 1. The molecule has 124 valence electrons. The molecular weight excluding hydrogens is 326 g/mol. The molecule has 24 heavy (non-hydrogen) atoms. The van der Waals surface area contributed by atoms with Gasteiger partial charge in [-0.15, -0.1) is 0 Å². The molecule has 0 fully saturated rings. The highest BCUT2D eigenvalue weighted by Gasteiger charge is 2.34. The van der Waals surface area contributed by atoms with E-state index in [1.807, 2.05) is 31.2 Å². The number of carbonyl (C=O) groups is 1. The largest absolute Gasteiger partial charge is 0.308 e. The van der Waals surface area contributed by atoms with Crippen LogP contribution in [0.5, 0.6) is 0 Å². The lowest BCUT2D eigenvalue weighted by Gasteiger charge is -2.25. The van der Waals surface area contributed by atoms with Crippen molar-refractivity contribution in [2.24, 2.45) is 0 Å². The van der Waals surface area contributed by atoms with E-state index in [4.69, 9.17) is 0 Å². The second-order valence-corrected chi connectivity index (χ2v) is 7.06. The molecule has 0 spiro atoms. The molecule has 7 heteroatoms. The summed E-state index contributed by atoms with van der Waals surface area (Å²) in [5.41, 5.74) is 2.01. The fourth-order valence-corrected chi connectivity index (χ4v) is 3.86. The zero-order valence-electron chi connectivity index (χ0n) is 13.4. The van der Waals surface area contributed by atoms with E-state index in [1.54, 1.807) is 11.8 Å². The number of hydrogen-bond acceptors (Lipinski definition) is 5. The second-order valence-electron chi connectivity index (χ2n) is 5.73. The highest BCUT2D eigenvalue weighted by molar-refractivity contribution is 8.00. The molecule has 2 atom stereocenters. The van der Waals surface area contributed by atoms with Gasteiger partial charge in [-0.3, -0.25) is 14.9 Å². The van der Waals surface area contributed by atoms with Crippen LogP contribution in [0.3, 0.4) is 0 Å². The molecule has 2 heterocycles. The van der Waals surface area contributed by atoms with Gasteiger partial charge in [0.15, 0.2) is 5.03 Å². The number of aromatic nitrogens is 1. The zero-order chi connectivity index (χ0) is 17.3. The lowest BCUT2D eigenvalue weighted by Crippen LogP contribution is -2.40. The third kappa shape index (κ3) is 2.99. The van der Waals surface area contributed by atoms with Gasteiger partial charge in [0.1, 0.15) is 0 Å². The Balaban J connectivity index is 1.83. The number of thioether (sulfide) groups is 1. The summed E-state index contributed by atoms with van der Waals surface area (Å²) in [5, 5.41) is 10.9. The van der Waals surface area contributed by atoms with Gasteiger partial charge in [-0.05, 0) is 38.0 Å². The van der Waals surface area contributed by atoms with Gasteiger partial charge >= 0.3 is 5.69 Å². The van der Waals surface area contributed by atoms with Crippen LogP contribution in [0.15, 0.2) is 47.6 Å². The molecule has 0 unspecified atom stereocenters. The van der Waals surface area contributed by atoms with Crippen molar-refractivity contribution in [3.8, 4) is 0 Å². The smallest absolute Gasteiger partial charge is 0.301 e. The number of fused-ring (bicyclic) bond motifs is 1. The minimum Gasteiger partial charge on any atom is -0.308 e. The molecule has 0 radical (unpaired) electrons. The number of carbonyl (C=O) groups excluding carboxylic acids is 1. The summed E-state index contributed by atoms with van der Waals surface area (Å²) in [4.78, 5) is 29.4. The van der Waals surface area contributed by atoms with Crippen LogP contribution >= 0.6 is 11.8 Å². The van der Waals surface area contributed by atoms with Crippen LogP contribution in [0, 0.1) is 10.1 Å². The van der Waals surface area contributed by atoms with E-state index in [0.29, 0.717) is 0 Å². The van der Waals surface area contributed by atoms with Gasteiger partial charge in [0.25, 0.3) is 0 Å². The molecule has 0 bridgehead atoms. The number of nitro groups is 1. The maximum absolute atomic E-state index is 12.9. The average Bonchev–Trinajstić information content (AvgIpc) is 2.90. The van der Waals surface area contributed by atoms with E-state index in [9.17, 15) is 14.9 Å². The van der Waals surface area contributed by atoms with Crippen LogP contribution in [0.2, 0.25) is 0 Å². The van der Waals surface area contributed by atoms with Crippen molar-refractivity contribution < 1.29 is 9.72 Å². The third-order valence-electron chi connectivity index (χ3n) is 4.03. The molecule has 0 saturated carbocycles. The SMILES string of the molecule is C[C@@H](Sc1ncccc1[N+](=O)[O-])C(=O)N1c2ccccc2C[C@@H]1C. The first kappa shape index (κ1) is 16.4. The average molecular weight is 343 g/mol. The molecule has 3 rings (SSSR count). The summed E-state index contributed by atoms with van der Waals surface area (Å²) in [6.45, 7) is 3.78. The Morgan fingerprint density at radius 3 is 2.88 bits per heavy atom. The lowest BCUT2D eigenvalue weighted by molar-refractivity contribution is -0.388. The van der Waals surface area contributed by atoms with Crippen LogP contribution in [0.25, 0.3) is 0 Å². The number of nitrogens with zero attached hydrogens (tertiary/aromatic N) is 3. The van der Waals surface area contributed by atoms with E-state index in [2.05, 4.69) is 4.98 Å². The molecule has 1 aromatic carbocycles. The minimum absolute atomic E-state index is 0.0580. The molecule has 0 aliphatic carbocycles. The summed E-state index contributed by atoms with van der Waals surface area (Å²) >= 11 is 1.13. The predicted octanol–water partition coefficient (Wildman–Crippen LogP) is 3.45. The first-order valence-electron chi connectivity index (χ1n) is 7.66. The topological polar surface area (TPSA) is 76.3 Å². The van der Waals surface area contributed by atoms with Crippen molar-refractivity contribution in [1.29, 1.82) is 0 Å². The van der Waals surface area contributed by atoms with Crippen molar-refractivity contribution in [3.63, 3.8) is 0 Å². The van der Waals surface area contributed by atoms with Crippen molar-refractivity contribution in [2.45, 2.75) is 36.6 Å². The van der Waals surface area contributed by atoms with Crippen LogP contribution in [-0.4, -0.2) is 27.1 Å². The first-order chi connectivity index (χ1) is 11.5. The number of pyridine rings is 1. The predicted molar refractivity (Wildman–Crippen MR) is 93.3 cm³/mol. The first-order valence-corrected chi connectivity index (χ1v) is 8.54. The number of hydrogen-bond donors (Lipinski definition) is 0. The fraction of sp³-hybridized carbons (Fsp3) is 0.294. The molecule has 0 saturated heterocycles. The van der Waals surface area contributed by atoms with Gasteiger partial charge in [-0.25, -0.2) is 4.98 Å². The van der Waals surface area contributed by atoms with E-state index < -0.39 is 10.2 Å². The Labute approximate surface area is 144 Å². The molecule has 1 aliphatic rings. The lowest BCUT2D eigenvalue weighted by atomic mass is 10.1. The van der Waals surface area contributed by atoms with Crippen LogP contribution in [0.4, 0.5) is 11.4 Å². The summed E-state index contributed by atoms with van der Waals surface area (Å²) < 4.78 is 0. The number of benzene rings is 1. The normalized spacial score (nSPS) is 17.4. The van der Waals surface area contributed by atoms with Gasteiger partial charge in [0.2, 0.25) is 5.91 Å². The summed E-state index contributed by atoms with van der Waals surface area (Å²) in [5.74, 6) is -0.0580. The van der Waals surface area contributed by atoms with Crippen molar-refractivity contribution in [3.05, 3.63) is 58.3 Å². The van der Waals surface area contributed by atoms with Crippen LogP contribution in [-0.2, 0) is 11.2 Å². The number of amides is 1. The van der Waals surface area contributed by atoms with Crippen LogP contribution < -0.4 is 4.90 Å². The van der Waals surface area contributed by atoms with Crippen molar-refractivity contribution in [2.75, 3.05) is 4.90 Å². The number of para-hydroxylation sites is 1. The quantitative estimate of drug-likeness (QED) is 0.483. The van der Waals surface area contributed by atoms with Gasteiger partial charge < -0.3 is 4.90 Å². The maximum atomic E-state index is 12.9. The van der Waals surface area contributed by atoms with E-state index >= 15 is 0 Å². The standard InChI is InChI=1S/C17H17N3O3S/c1-11-10-13-6-3-4-7-14(13)19(11)17(21)12(2)24-16-15(20(22)23)8-5-9-18-16/h3-9,11-12H,10H2,1-2H3/t11-,12+/m0/s1. The van der Waals surface area contributed by atoms with Crippen LogP contribution in [0.1, 0.15) is 19.4 Å². The minimum atomic E-state index is -0.472. The van der Waals surface area contributed by atoms with Crippen molar-refractivity contribution >= 4 is 29.0 Å². The Morgan fingerprint density at radius 2 is 2.12 bits per heavy atom. The Morgan fingerprint density at radius 1 is 1.38 bits per heavy atom. The summed E-state index contributed by atoms with van der Waals surface area (Å²) in [7, 11) is 0. The molecule has 2 aromatic rings. The molecule has 1 amide bonds. The second kappa shape index (κ2) is 6.60. The summed E-state index contributed by atoms with van der Waals surface area (Å²) in [6.07, 6.45) is 2.32. The highest BCUT2D eigenvalue weighted by Crippen LogP contribution is 2.36. The maximum Gasteiger partial charge on any atom is 0.301 e. The number of rotatable bonds is 4. The monoisotopic (exact) mass is 343 g/mol. The zero-order valence-corrected chi connectivity index (χ0v) is 14.2.